The number of hydroxylamine groups is 2. The molecule has 4 saturated carbocycles. The summed E-state index contributed by atoms with van der Waals surface area (Å²) in [6.45, 7) is 16.1. The van der Waals surface area contributed by atoms with Crippen molar-refractivity contribution in [3.63, 3.8) is 0 Å². The highest BCUT2D eigenvalue weighted by Gasteiger charge is 2.57. The van der Waals surface area contributed by atoms with Gasteiger partial charge >= 0.3 is 0 Å². The number of amides is 2. The molecule has 15 heteroatoms. The molecule has 1 saturated heterocycles. The van der Waals surface area contributed by atoms with Crippen LogP contribution in [0.1, 0.15) is 76.7 Å². The van der Waals surface area contributed by atoms with Gasteiger partial charge in [-0.25, -0.2) is 0 Å². The molecule has 1 heterocycles. The first-order valence-corrected chi connectivity index (χ1v) is 22.9. The lowest BCUT2D eigenvalue weighted by molar-refractivity contribution is -0.183. The van der Waals surface area contributed by atoms with Gasteiger partial charge in [0.1, 0.15) is 17.9 Å². The minimum atomic E-state index is -0.917. The number of methoxy groups -OCH3 is 1. The van der Waals surface area contributed by atoms with Crippen molar-refractivity contribution in [1.29, 1.82) is 0 Å². The van der Waals surface area contributed by atoms with Crippen molar-refractivity contribution >= 4 is 17.5 Å². The summed E-state index contributed by atoms with van der Waals surface area (Å²) in [5, 5.41) is 43.3. The molecule has 62 heavy (non-hydrogen) atoms. The molecule has 2 aromatic rings. The fourth-order valence-electron chi connectivity index (χ4n) is 10.9. The highest BCUT2D eigenvalue weighted by atomic mass is 16.7. The van der Waals surface area contributed by atoms with E-state index in [9.17, 15) is 24.9 Å². The molecule has 0 spiro atoms. The van der Waals surface area contributed by atoms with Gasteiger partial charge in [0.15, 0.2) is 0 Å². The molecule has 346 valence electrons. The van der Waals surface area contributed by atoms with Gasteiger partial charge in [-0.2, -0.15) is 5.06 Å². The molecule has 0 radical (unpaired) electrons. The molecule has 1 aliphatic heterocycles. The summed E-state index contributed by atoms with van der Waals surface area (Å²) in [5.74, 6) is 6.96. The highest BCUT2D eigenvalue weighted by molar-refractivity contribution is 5.97. The molecule has 3 unspecified atom stereocenters. The Morgan fingerprint density at radius 1 is 1.06 bits per heavy atom. The molecule has 2 aromatic carbocycles. The molecule has 5 fully saturated rings. The number of hydrogen-bond donors (Lipinski definition) is 8. The standard InChI is InChI=1S/C47H76N8O7/c1-10-54(11-2)24-34(22-49-21-32(25-56)37-20-40(37)52-48)50-45(59)31-15-30(16-35(17-31)53(7)8)36-14-12-13-29(44(36)61-9)23-55-43(42(28(4)58)41(26-57)62-55)46(60)51-39-19-33-18-38(27(39)3)47(33,5)6/h12-17,27-28,32-34,37-43,49,52,56-58H,10-11,18-26,48H2,1-9H3,(H,50,59)(H,51,60)/t27-,28-,32?,33+,34+,37?,38-,39-,40?,41-,42+,43-/m0/s1. The first-order chi connectivity index (χ1) is 29.6. The normalized spacial score (nSPS) is 29.1. The molecule has 15 nitrogen and oxygen atoms in total. The summed E-state index contributed by atoms with van der Waals surface area (Å²) in [7, 11) is 5.48. The van der Waals surface area contributed by atoms with Gasteiger partial charge in [0.05, 0.1) is 32.4 Å². The van der Waals surface area contributed by atoms with Gasteiger partial charge in [0, 0.05) is 80.7 Å². The lowest BCUT2D eigenvalue weighted by Gasteiger charge is -2.62. The van der Waals surface area contributed by atoms with Crippen molar-refractivity contribution < 1.29 is 34.5 Å². The average molecular weight is 865 g/mol. The Bertz CT molecular complexity index is 1830. The summed E-state index contributed by atoms with van der Waals surface area (Å²) >= 11 is 0. The minimum absolute atomic E-state index is 0.0225. The number of ether oxygens (including phenoxy) is 1. The van der Waals surface area contributed by atoms with E-state index in [-0.39, 0.29) is 61.0 Å². The Hall–Kier alpha value is -3.38. The number of fused-ring (bicyclic) bond motifs is 2. The minimum Gasteiger partial charge on any atom is -0.496 e. The molecular weight excluding hydrogens is 789 g/mol. The van der Waals surface area contributed by atoms with Crippen LogP contribution in [-0.4, -0.2) is 141 Å². The van der Waals surface area contributed by atoms with Crippen molar-refractivity contribution in [2.75, 3.05) is 72.0 Å². The van der Waals surface area contributed by atoms with E-state index in [1.807, 2.05) is 55.4 Å². The topological polar surface area (TPSA) is 197 Å². The molecule has 0 aromatic heterocycles. The number of hydrogen-bond acceptors (Lipinski definition) is 13. The Kier molecular flexibility index (Phi) is 16.0. The smallest absolute Gasteiger partial charge is 0.251 e. The first-order valence-electron chi connectivity index (χ1n) is 22.9. The van der Waals surface area contributed by atoms with E-state index < -0.39 is 24.2 Å². The number of anilines is 1. The third kappa shape index (κ3) is 10.3. The van der Waals surface area contributed by atoms with Crippen LogP contribution >= 0.6 is 0 Å². The zero-order chi connectivity index (χ0) is 45.0. The van der Waals surface area contributed by atoms with Gasteiger partial charge in [-0.15, -0.1) is 0 Å². The van der Waals surface area contributed by atoms with E-state index in [0.29, 0.717) is 54.6 Å². The lowest BCUT2D eigenvalue weighted by atomic mass is 9.45. The number of likely N-dealkylation sites (N-methyl/N-ethyl adjacent to an activating group) is 1. The maximum absolute atomic E-state index is 14.4. The Balaban J connectivity index is 1.24. The molecule has 9 N–H and O–H groups in total. The number of aliphatic hydroxyl groups excluding tert-OH is 3. The number of benzene rings is 2. The number of para-hydroxylation sites is 1. The van der Waals surface area contributed by atoms with Crippen LogP contribution in [-0.2, 0) is 16.2 Å². The number of aliphatic hydroxyl groups is 3. The summed E-state index contributed by atoms with van der Waals surface area (Å²) < 4.78 is 6.14. The second kappa shape index (κ2) is 20.6. The molecule has 2 amide bonds. The number of carbonyl (C=O) groups is 2. The Morgan fingerprint density at radius 2 is 1.81 bits per heavy atom. The quantitative estimate of drug-likeness (QED) is 0.0637. The van der Waals surface area contributed by atoms with Crippen LogP contribution in [0.15, 0.2) is 36.4 Å². The zero-order valence-electron chi connectivity index (χ0n) is 38.6. The maximum atomic E-state index is 14.4. The fraction of sp³-hybridized carbons (Fsp3) is 0.702. The second-order valence-electron chi connectivity index (χ2n) is 19.3. The number of nitrogens with two attached hydrogens (primary N) is 1. The molecule has 7 rings (SSSR count). The van der Waals surface area contributed by atoms with Gasteiger partial charge < -0.3 is 45.8 Å². The van der Waals surface area contributed by atoms with Crippen molar-refractivity contribution in [3.05, 3.63) is 47.5 Å². The van der Waals surface area contributed by atoms with Crippen molar-refractivity contribution in [2.24, 2.45) is 46.8 Å². The second-order valence-corrected chi connectivity index (χ2v) is 19.3. The molecule has 12 atom stereocenters. The number of hydrazine groups is 1. The van der Waals surface area contributed by atoms with Crippen LogP contribution in [0.25, 0.3) is 11.1 Å². The number of rotatable bonds is 22. The summed E-state index contributed by atoms with van der Waals surface area (Å²) in [5.41, 5.74) is 6.69. The average Bonchev–Trinajstić information content (AvgIpc) is 3.95. The molecule has 5 aliphatic rings. The Morgan fingerprint density at radius 3 is 2.39 bits per heavy atom. The third-order valence-electron chi connectivity index (χ3n) is 15.1. The summed E-state index contributed by atoms with van der Waals surface area (Å²) in [4.78, 5) is 39.2. The van der Waals surface area contributed by atoms with E-state index in [2.05, 4.69) is 60.9 Å². The van der Waals surface area contributed by atoms with Gasteiger partial charge in [-0.1, -0.05) is 52.8 Å². The van der Waals surface area contributed by atoms with E-state index in [1.54, 1.807) is 19.1 Å². The van der Waals surface area contributed by atoms with Crippen LogP contribution in [0.2, 0.25) is 0 Å². The van der Waals surface area contributed by atoms with Crippen LogP contribution in [0, 0.1) is 40.9 Å². The maximum Gasteiger partial charge on any atom is 0.251 e. The largest absolute Gasteiger partial charge is 0.496 e. The van der Waals surface area contributed by atoms with E-state index in [4.69, 9.17) is 15.4 Å². The van der Waals surface area contributed by atoms with Crippen LogP contribution in [0.4, 0.5) is 5.69 Å². The third-order valence-corrected chi connectivity index (χ3v) is 15.1. The molecule has 4 aliphatic carbocycles. The summed E-state index contributed by atoms with van der Waals surface area (Å²) in [6, 6.07) is 10.8. The molecular formula is C47H76N8O7. The number of nitrogens with one attached hydrogen (secondary N) is 4. The van der Waals surface area contributed by atoms with Crippen molar-refractivity contribution in [2.45, 2.75) is 104 Å². The van der Waals surface area contributed by atoms with Gasteiger partial charge in [-0.3, -0.25) is 25.7 Å². The predicted octanol–water partition coefficient (Wildman–Crippen LogP) is 2.58. The monoisotopic (exact) mass is 865 g/mol. The van der Waals surface area contributed by atoms with E-state index in [1.165, 1.54) is 6.42 Å². The van der Waals surface area contributed by atoms with Crippen molar-refractivity contribution in [1.82, 2.24) is 31.3 Å². The predicted molar refractivity (Wildman–Crippen MR) is 242 cm³/mol. The van der Waals surface area contributed by atoms with Crippen molar-refractivity contribution in [3.8, 4) is 16.9 Å². The van der Waals surface area contributed by atoms with Crippen LogP contribution < -0.4 is 36.9 Å². The zero-order valence-corrected chi connectivity index (χ0v) is 38.6. The lowest BCUT2D eigenvalue weighted by Crippen LogP contribution is -2.62. The molecule has 2 bridgehead atoms. The van der Waals surface area contributed by atoms with E-state index >= 15 is 0 Å². The summed E-state index contributed by atoms with van der Waals surface area (Å²) in [6.07, 6.45) is 1.36. The fourth-order valence-corrected chi connectivity index (χ4v) is 10.9. The van der Waals surface area contributed by atoms with Gasteiger partial charge in [0.25, 0.3) is 5.91 Å². The van der Waals surface area contributed by atoms with Crippen LogP contribution in [0.5, 0.6) is 5.75 Å². The van der Waals surface area contributed by atoms with Gasteiger partial charge in [0.2, 0.25) is 5.91 Å². The SMILES string of the molecule is CCN(CC)C[C@@H](CNCC(CO)C1CC1NN)NC(=O)c1cc(-c2cccc(CN3O[C@@H](CO)[C@@H]([C@H](C)O)[C@H]3C(=O)N[C@H]3C[C@H]4C[C@@H]([C@@H]3C)C4(C)C)c2OC)cc(N(C)C)c1. The van der Waals surface area contributed by atoms with Gasteiger partial charge in [-0.05, 0) is 98.0 Å². The number of carbonyl (C=O) groups excluding carboxylic acids is 2. The van der Waals surface area contributed by atoms with Crippen LogP contribution in [0.3, 0.4) is 0 Å². The number of nitrogens with zero attached hydrogens (tertiary/aromatic N) is 3. The first kappa shape index (κ1) is 48.1. The Labute approximate surface area is 369 Å². The van der Waals surface area contributed by atoms with E-state index in [0.717, 1.165) is 48.3 Å². The highest BCUT2D eigenvalue weighted by Crippen LogP contribution is 2.61.